The highest BCUT2D eigenvalue weighted by molar-refractivity contribution is 7.78. The maximum Gasteiger partial charge on any atom is 0.113 e. The molecule has 0 spiro atoms. The highest BCUT2D eigenvalue weighted by Crippen LogP contribution is 1.81. The molecule has 6 heavy (non-hydrogen) atoms. The smallest absolute Gasteiger partial charge is 0.113 e. The first-order valence-corrected chi connectivity index (χ1v) is 2.33. The molecule has 0 saturated carbocycles. The summed E-state index contributed by atoms with van der Waals surface area (Å²) in [5.41, 5.74) is 0. The molecule has 0 saturated heterocycles. The van der Waals surface area contributed by atoms with E-state index in [1.165, 1.54) is 0 Å². The predicted octanol–water partition coefficient (Wildman–Crippen LogP) is 0.149. The van der Waals surface area contributed by atoms with Crippen molar-refractivity contribution in [2.24, 2.45) is 0 Å². The summed E-state index contributed by atoms with van der Waals surface area (Å²) in [6, 6.07) is 0. The summed E-state index contributed by atoms with van der Waals surface area (Å²) >= 11 is 3.60. The average molecular weight is 107 g/mol. The maximum absolute atomic E-state index is 8.48. The molecule has 2 nitrogen and oxygen atoms in total. The van der Waals surface area contributed by atoms with Crippen molar-refractivity contribution in [3.63, 3.8) is 0 Å². The number of aliphatic hydroxyl groups is 1. The minimum atomic E-state index is -0.451. The summed E-state index contributed by atoms with van der Waals surface area (Å²) in [6.45, 7) is 1.87. The van der Waals surface area contributed by atoms with Crippen LogP contribution in [0.4, 0.5) is 0 Å². The molecule has 0 aliphatic rings. The predicted molar refractivity (Wildman–Crippen MR) is 28.4 cm³/mol. The summed E-state index contributed by atoms with van der Waals surface area (Å²) in [4.78, 5) is 0. The minimum absolute atomic E-state index is 0.451. The second kappa shape index (κ2) is 3.46. The largest absolute Gasteiger partial charge is 0.378 e. The van der Waals surface area contributed by atoms with E-state index in [1.54, 1.807) is 0 Å². The zero-order valence-corrected chi connectivity index (χ0v) is 4.57. The molecule has 0 fully saturated rings. The van der Waals surface area contributed by atoms with Gasteiger partial charge >= 0.3 is 0 Å². The Balaban J connectivity index is 2.75. The molecule has 2 N–H and O–H groups in total. The molecular formula is C3H9NOS. The lowest BCUT2D eigenvalue weighted by Gasteiger charge is -2.00. The Labute approximate surface area is 43.1 Å². The van der Waals surface area contributed by atoms with Crippen LogP contribution in [-0.4, -0.2) is 11.3 Å². The van der Waals surface area contributed by atoms with Crippen molar-refractivity contribution >= 4 is 12.8 Å². The standard InChI is InChI=1S/C3H9NOS/c1-2-3(5)4-6/h3-6H,2H2,1H3. The van der Waals surface area contributed by atoms with Crippen molar-refractivity contribution in [3.8, 4) is 0 Å². The second-order valence-corrected chi connectivity index (χ2v) is 1.31. The fourth-order valence-corrected chi connectivity index (χ4v) is 0.274. The Morgan fingerprint density at radius 3 is 2.50 bits per heavy atom. The number of aliphatic hydroxyl groups excluding tert-OH is 1. The van der Waals surface area contributed by atoms with Gasteiger partial charge < -0.3 is 5.11 Å². The van der Waals surface area contributed by atoms with E-state index in [0.29, 0.717) is 6.42 Å². The summed E-state index contributed by atoms with van der Waals surface area (Å²) < 4.78 is 2.36. The first kappa shape index (κ1) is 6.27. The van der Waals surface area contributed by atoms with Gasteiger partial charge in [-0.05, 0) is 6.42 Å². The van der Waals surface area contributed by atoms with Crippen LogP contribution in [0.25, 0.3) is 0 Å². The molecule has 1 atom stereocenters. The molecule has 0 aliphatic carbocycles. The van der Waals surface area contributed by atoms with Crippen LogP contribution in [0.3, 0.4) is 0 Å². The van der Waals surface area contributed by atoms with Gasteiger partial charge in [-0.25, -0.2) is 4.72 Å². The number of hydrogen-bond donors (Lipinski definition) is 3. The van der Waals surface area contributed by atoms with Gasteiger partial charge in [0.1, 0.15) is 6.23 Å². The van der Waals surface area contributed by atoms with Gasteiger partial charge in [-0.15, -0.1) is 0 Å². The third-order valence-corrected chi connectivity index (χ3v) is 0.834. The zero-order valence-electron chi connectivity index (χ0n) is 3.68. The van der Waals surface area contributed by atoms with Crippen LogP contribution < -0.4 is 4.72 Å². The number of hydrogen-bond acceptors (Lipinski definition) is 3. The van der Waals surface area contributed by atoms with Crippen LogP contribution >= 0.6 is 12.8 Å². The van der Waals surface area contributed by atoms with Crippen molar-refractivity contribution in [2.45, 2.75) is 19.6 Å². The number of rotatable bonds is 2. The van der Waals surface area contributed by atoms with Gasteiger partial charge in [0.2, 0.25) is 0 Å². The number of thiol groups is 1. The van der Waals surface area contributed by atoms with Crippen molar-refractivity contribution in [3.05, 3.63) is 0 Å². The van der Waals surface area contributed by atoms with Gasteiger partial charge in [-0.1, -0.05) is 19.7 Å². The SMILES string of the molecule is CCC(O)NS. The lowest BCUT2D eigenvalue weighted by molar-refractivity contribution is 0.163. The fraction of sp³-hybridized carbons (Fsp3) is 1.00. The zero-order chi connectivity index (χ0) is 4.99. The Hall–Kier alpha value is 0.270. The third kappa shape index (κ3) is 2.50. The van der Waals surface area contributed by atoms with E-state index >= 15 is 0 Å². The van der Waals surface area contributed by atoms with E-state index in [-0.39, 0.29) is 0 Å². The molecule has 1 unspecified atom stereocenters. The summed E-state index contributed by atoms with van der Waals surface area (Å²) in [5.74, 6) is 0. The molecule has 0 aliphatic heterocycles. The van der Waals surface area contributed by atoms with Crippen molar-refractivity contribution < 1.29 is 5.11 Å². The highest BCUT2D eigenvalue weighted by atomic mass is 32.1. The van der Waals surface area contributed by atoms with Crippen LogP contribution in [0.2, 0.25) is 0 Å². The van der Waals surface area contributed by atoms with E-state index < -0.39 is 6.23 Å². The van der Waals surface area contributed by atoms with Crippen LogP contribution in [0, 0.1) is 0 Å². The van der Waals surface area contributed by atoms with Crippen molar-refractivity contribution in [1.82, 2.24) is 4.72 Å². The van der Waals surface area contributed by atoms with Crippen LogP contribution in [0.15, 0.2) is 0 Å². The third-order valence-electron chi connectivity index (χ3n) is 0.536. The fourth-order valence-electron chi connectivity index (χ4n) is 0.0913. The molecule has 0 rings (SSSR count). The van der Waals surface area contributed by atoms with E-state index in [4.69, 9.17) is 5.11 Å². The Kier molecular flexibility index (Phi) is 3.62. The van der Waals surface area contributed by atoms with Gasteiger partial charge in [0.15, 0.2) is 0 Å². The molecule has 0 aromatic carbocycles. The summed E-state index contributed by atoms with van der Waals surface area (Å²) in [6.07, 6.45) is 0.247. The molecule has 3 heteroatoms. The van der Waals surface area contributed by atoms with Crippen LogP contribution in [0.1, 0.15) is 13.3 Å². The van der Waals surface area contributed by atoms with Gasteiger partial charge in [0.25, 0.3) is 0 Å². The minimum Gasteiger partial charge on any atom is -0.378 e. The Morgan fingerprint density at radius 2 is 2.50 bits per heavy atom. The lowest BCUT2D eigenvalue weighted by Crippen LogP contribution is -2.17. The molecule has 38 valence electrons. The topological polar surface area (TPSA) is 32.3 Å². The second-order valence-electron chi connectivity index (χ2n) is 1.05. The molecule has 0 aromatic heterocycles. The average Bonchev–Trinajstić information content (AvgIpc) is 1.65. The van der Waals surface area contributed by atoms with Gasteiger partial charge in [0.05, 0.1) is 0 Å². The molecule has 0 radical (unpaired) electrons. The lowest BCUT2D eigenvalue weighted by atomic mass is 10.5. The van der Waals surface area contributed by atoms with E-state index in [9.17, 15) is 0 Å². The Bertz CT molecular complexity index is 30.0. The van der Waals surface area contributed by atoms with Gasteiger partial charge in [-0.3, -0.25) is 0 Å². The van der Waals surface area contributed by atoms with Crippen molar-refractivity contribution in [2.75, 3.05) is 0 Å². The first-order chi connectivity index (χ1) is 2.81. The van der Waals surface area contributed by atoms with Crippen LogP contribution in [0.5, 0.6) is 0 Å². The summed E-state index contributed by atoms with van der Waals surface area (Å²) in [5, 5.41) is 8.48. The van der Waals surface area contributed by atoms with E-state index in [1.807, 2.05) is 6.92 Å². The highest BCUT2D eigenvalue weighted by Gasteiger charge is 1.89. The van der Waals surface area contributed by atoms with Crippen LogP contribution in [-0.2, 0) is 0 Å². The molecule has 0 bridgehead atoms. The molecule has 0 aromatic rings. The number of nitrogens with one attached hydrogen (secondary N) is 1. The van der Waals surface area contributed by atoms with Gasteiger partial charge in [0, 0.05) is 0 Å². The first-order valence-electron chi connectivity index (χ1n) is 1.89. The monoisotopic (exact) mass is 107 g/mol. The van der Waals surface area contributed by atoms with E-state index in [2.05, 4.69) is 17.5 Å². The maximum atomic E-state index is 8.48. The molecule has 0 amide bonds. The summed E-state index contributed by atoms with van der Waals surface area (Å²) in [7, 11) is 0. The normalized spacial score (nSPS) is 14.5. The van der Waals surface area contributed by atoms with Gasteiger partial charge in [-0.2, -0.15) is 0 Å². The Morgan fingerprint density at radius 1 is 2.00 bits per heavy atom. The quantitative estimate of drug-likeness (QED) is 0.346. The molecule has 0 heterocycles. The molecular weight excluding hydrogens is 98.1 g/mol. The van der Waals surface area contributed by atoms with Crippen molar-refractivity contribution in [1.29, 1.82) is 0 Å². The van der Waals surface area contributed by atoms with E-state index in [0.717, 1.165) is 0 Å².